The van der Waals surface area contributed by atoms with E-state index < -0.39 is 11.1 Å². The Balaban J connectivity index is 1.84. The maximum absolute atomic E-state index is 11.6. The summed E-state index contributed by atoms with van der Waals surface area (Å²) in [5.41, 5.74) is 2.22. The van der Waals surface area contributed by atoms with Gasteiger partial charge in [-0.15, -0.1) is 0 Å². The van der Waals surface area contributed by atoms with Crippen molar-refractivity contribution in [2.24, 2.45) is 0 Å². The summed E-state index contributed by atoms with van der Waals surface area (Å²) in [6, 6.07) is 6.16. The number of nitrogens with zero attached hydrogens (tertiary/aromatic N) is 2. The average Bonchev–Trinajstić information content (AvgIpc) is 2.72. The molecule has 2 aliphatic rings. The molecule has 0 amide bonds. The summed E-state index contributed by atoms with van der Waals surface area (Å²) in [5, 5.41) is 0. The van der Waals surface area contributed by atoms with E-state index in [1.54, 1.807) is 0 Å². The molecule has 5 heteroatoms. The Kier molecular flexibility index (Phi) is 2.90. The normalized spacial score (nSPS) is 25.0. The van der Waals surface area contributed by atoms with Crippen molar-refractivity contribution in [2.45, 2.75) is 11.5 Å². The van der Waals surface area contributed by atoms with Crippen LogP contribution in [0.2, 0.25) is 0 Å². The van der Waals surface area contributed by atoms with Gasteiger partial charge in [0.05, 0.1) is 11.5 Å². The first kappa shape index (κ1) is 11.2. The van der Waals surface area contributed by atoms with Crippen molar-refractivity contribution in [1.29, 1.82) is 0 Å². The van der Waals surface area contributed by atoms with Crippen molar-refractivity contribution in [2.75, 3.05) is 38.1 Å². The van der Waals surface area contributed by atoms with Crippen molar-refractivity contribution in [3.05, 3.63) is 23.8 Å². The molecule has 2 aliphatic heterocycles. The zero-order valence-corrected chi connectivity index (χ0v) is 10.7. The Hall–Kier alpha value is -0.910. The number of anilines is 1. The Bertz CT molecular complexity index is 456. The van der Waals surface area contributed by atoms with E-state index in [1.165, 1.54) is 0 Å². The summed E-state index contributed by atoms with van der Waals surface area (Å²) in [6.07, 6.45) is 0. The Morgan fingerprint density at radius 1 is 1.24 bits per heavy atom. The maximum atomic E-state index is 11.6. The molecule has 3 rings (SSSR count). The van der Waals surface area contributed by atoms with Crippen LogP contribution in [0.5, 0.6) is 0 Å². The number of piperazine rings is 1. The molecule has 0 N–H and O–H groups in total. The highest BCUT2D eigenvalue weighted by Gasteiger charge is 2.22. The fraction of sp³-hybridized carbons (Fsp3) is 0.500. The van der Waals surface area contributed by atoms with Crippen LogP contribution in [0.25, 0.3) is 0 Å². The van der Waals surface area contributed by atoms with Gasteiger partial charge in [-0.25, -0.2) is 4.21 Å². The van der Waals surface area contributed by atoms with E-state index >= 15 is 0 Å². The molecule has 92 valence electrons. The lowest BCUT2D eigenvalue weighted by molar-refractivity contribution is 0.313. The molecule has 1 atom stereocenters. The molecule has 0 aromatic heterocycles. The molecule has 0 bridgehead atoms. The van der Waals surface area contributed by atoms with Crippen LogP contribution >= 0.6 is 0 Å². The summed E-state index contributed by atoms with van der Waals surface area (Å²) in [4.78, 5) is 5.52. The van der Waals surface area contributed by atoms with Crippen molar-refractivity contribution in [3.63, 3.8) is 0 Å². The van der Waals surface area contributed by atoms with Crippen molar-refractivity contribution >= 4 is 16.8 Å². The third kappa shape index (κ3) is 2.10. The monoisotopic (exact) mass is 252 g/mol. The predicted octanol–water partition coefficient (Wildman–Crippen LogP) is 0.991. The van der Waals surface area contributed by atoms with Gasteiger partial charge in [-0.2, -0.15) is 0 Å². The molecule has 4 nitrogen and oxygen atoms in total. The lowest BCUT2D eigenvalue weighted by Gasteiger charge is -2.34. The lowest BCUT2D eigenvalue weighted by Crippen LogP contribution is -2.44. The third-order valence-electron chi connectivity index (χ3n) is 3.42. The summed E-state index contributed by atoms with van der Waals surface area (Å²) < 4.78 is 16.7. The average molecular weight is 252 g/mol. The van der Waals surface area contributed by atoms with Gasteiger partial charge in [0.25, 0.3) is 0 Å². The van der Waals surface area contributed by atoms with Gasteiger partial charge in [0.15, 0.2) is 11.1 Å². The van der Waals surface area contributed by atoms with Gasteiger partial charge < -0.3 is 9.80 Å². The Morgan fingerprint density at radius 3 is 2.76 bits per heavy atom. The van der Waals surface area contributed by atoms with E-state index in [4.69, 9.17) is 4.18 Å². The topological polar surface area (TPSA) is 32.8 Å². The maximum Gasteiger partial charge on any atom is 0.189 e. The molecule has 1 fully saturated rings. The fourth-order valence-corrected chi connectivity index (χ4v) is 3.18. The number of likely N-dealkylation sites (N-methyl/N-ethyl adjacent to an activating group) is 1. The van der Waals surface area contributed by atoms with E-state index in [1.807, 2.05) is 12.1 Å². The van der Waals surface area contributed by atoms with E-state index in [0.717, 1.165) is 42.3 Å². The standard InChI is InChI=1S/C12H16N2O2S/c1-13-4-6-14(7-5-13)11-3-2-10-9-16-17(15)12(10)8-11/h2-3,8H,4-7,9H2,1H3. The second-order valence-electron chi connectivity index (χ2n) is 4.58. The number of hydrogen-bond acceptors (Lipinski definition) is 4. The van der Waals surface area contributed by atoms with Crippen LogP contribution in [0.15, 0.2) is 23.1 Å². The lowest BCUT2D eigenvalue weighted by atomic mass is 10.2. The van der Waals surface area contributed by atoms with Crippen LogP contribution in [0.3, 0.4) is 0 Å². The van der Waals surface area contributed by atoms with Crippen LogP contribution < -0.4 is 4.90 Å². The SMILES string of the molecule is CN1CCN(c2ccc3c(c2)S(=O)OC3)CC1. The molecular weight excluding hydrogens is 236 g/mol. The van der Waals surface area contributed by atoms with E-state index in [-0.39, 0.29) is 0 Å². The van der Waals surface area contributed by atoms with Gasteiger partial charge in [-0.05, 0) is 24.7 Å². The second-order valence-corrected chi connectivity index (χ2v) is 5.72. The smallest absolute Gasteiger partial charge is 0.189 e. The second kappa shape index (κ2) is 4.40. The molecule has 0 saturated carbocycles. The van der Waals surface area contributed by atoms with Gasteiger partial charge >= 0.3 is 0 Å². The van der Waals surface area contributed by atoms with Crippen LogP contribution in [0, 0.1) is 0 Å². The minimum absolute atomic E-state index is 0.477. The van der Waals surface area contributed by atoms with Crippen LogP contribution in [-0.4, -0.2) is 42.3 Å². The molecular formula is C12H16N2O2S. The van der Waals surface area contributed by atoms with E-state index in [0.29, 0.717) is 6.61 Å². The molecule has 0 spiro atoms. The summed E-state index contributed by atoms with van der Waals surface area (Å²) >= 11 is -1.26. The zero-order chi connectivity index (χ0) is 11.8. The molecule has 17 heavy (non-hydrogen) atoms. The number of fused-ring (bicyclic) bond motifs is 1. The molecule has 1 aromatic carbocycles. The molecule has 1 unspecified atom stereocenters. The third-order valence-corrected chi connectivity index (χ3v) is 4.49. The molecule has 0 aliphatic carbocycles. The Morgan fingerprint density at radius 2 is 2.00 bits per heavy atom. The van der Waals surface area contributed by atoms with Crippen LogP contribution in [0.1, 0.15) is 5.56 Å². The van der Waals surface area contributed by atoms with Crippen molar-refractivity contribution in [1.82, 2.24) is 4.90 Å². The first-order valence-electron chi connectivity index (χ1n) is 5.85. The number of benzene rings is 1. The van der Waals surface area contributed by atoms with Crippen molar-refractivity contribution in [3.8, 4) is 0 Å². The molecule has 2 heterocycles. The predicted molar refractivity (Wildman–Crippen MR) is 67.3 cm³/mol. The minimum Gasteiger partial charge on any atom is -0.369 e. The first-order chi connectivity index (χ1) is 8.24. The van der Waals surface area contributed by atoms with Crippen LogP contribution in [0.4, 0.5) is 5.69 Å². The van der Waals surface area contributed by atoms with E-state index in [2.05, 4.69) is 22.9 Å². The number of rotatable bonds is 1. The first-order valence-corrected chi connectivity index (χ1v) is 6.93. The zero-order valence-electron chi connectivity index (χ0n) is 9.89. The van der Waals surface area contributed by atoms with Gasteiger partial charge in [0, 0.05) is 31.9 Å². The highest BCUT2D eigenvalue weighted by Crippen LogP contribution is 2.28. The summed E-state index contributed by atoms with van der Waals surface area (Å²) in [5.74, 6) is 0. The van der Waals surface area contributed by atoms with Gasteiger partial charge in [0.1, 0.15) is 0 Å². The molecule has 0 radical (unpaired) electrons. The molecule has 1 aromatic rings. The Labute approximate surface area is 104 Å². The minimum atomic E-state index is -1.26. The summed E-state index contributed by atoms with van der Waals surface area (Å²) in [7, 11) is 2.14. The van der Waals surface area contributed by atoms with E-state index in [9.17, 15) is 4.21 Å². The highest BCUT2D eigenvalue weighted by molar-refractivity contribution is 7.80. The summed E-state index contributed by atoms with van der Waals surface area (Å²) in [6.45, 7) is 4.70. The van der Waals surface area contributed by atoms with Crippen LogP contribution in [-0.2, 0) is 21.9 Å². The largest absolute Gasteiger partial charge is 0.369 e. The quantitative estimate of drug-likeness (QED) is 0.746. The number of hydrogen-bond donors (Lipinski definition) is 0. The van der Waals surface area contributed by atoms with Gasteiger partial charge in [-0.1, -0.05) is 6.07 Å². The molecule has 1 saturated heterocycles. The van der Waals surface area contributed by atoms with Crippen molar-refractivity contribution < 1.29 is 8.39 Å². The van der Waals surface area contributed by atoms with Gasteiger partial charge in [-0.3, -0.25) is 4.18 Å². The fourth-order valence-electron chi connectivity index (χ4n) is 2.26. The highest BCUT2D eigenvalue weighted by atomic mass is 32.2. The van der Waals surface area contributed by atoms with Gasteiger partial charge in [0.2, 0.25) is 0 Å².